The summed E-state index contributed by atoms with van der Waals surface area (Å²) in [7, 11) is -2.90. The number of benzene rings is 2. The maximum absolute atomic E-state index is 14.0. The molecule has 0 saturated heterocycles. The van der Waals surface area contributed by atoms with Gasteiger partial charge in [0.15, 0.2) is 0 Å². The van der Waals surface area contributed by atoms with Crippen LogP contribution in [0.5, 0.6) is 5.75 Å². The van der Waals surface area contributed by atoms with Crippen LogP contribution >= 0.6 is 0 Å². The number of carboxylic acids is 1. The smallest absolute Gasteiger partial charge is 0.419 e. The van der Waals surface area contributed by atoms with Crippen molar-refractivity contribution in [2.75, 3.05) is 13.6 Å². The largest absolute Gasteiger partial charge is 0.487 e. The Bertz CT molecular complexity index is 2220. The summed E-state index contributed by atoms with van der Waals surface area (Å²) in [6.45, 7) is 18.2. The van der Waals surface area contributed by atoms with Crippen LogP contribution in [0, 0.1) is 32.1 Å². The highest BCUT2D eigenvalue weighted by molar-refractivity contribution is 7.89. The van der Waals surface area contributed by atoms with Crippen molar-refractivity contribution >= 4 is 50.8 Å². The van der Waals surface area contributed by atoms with Gasteiger partial charge in [0.05, 0.1) is 16.5 Å². The molecule has 4 rings (SSSR count). The van der Waals surface area contributed by atoms with E-state index in [2.05, 4.69) is 16.0 Å². The quantitative estimate of drug-likeness (QED) is 0.0700. The Kier molecular flexibility index (Phi) is 14.2. The fourth-order valence-electron chi connectivity index (χ4n) is 7.24. The van der Waals surface area contributed by atoms with Crippen LogP contribution in [0.4, 0.5) is 4.79 Å². The number of hydrogen-bond acceptors (Lipinski definition) is 10. The van der Waals surface area contributed by atoms with Gasteiger partial charge in [-0.3, -0.25) is 19.6 Å². The lowest BCUT2D eigenvalue weighted by Crippen LogP contribution is -2.55. The minimum atomic E-state index is -4.18. The molecule has 0 saturated carbocycles. The number of ether oxygens (including phenoxy) is 2. The number of rotatable bonds is 15. The van der Waals surface area contributed by atoms with E-state index in [1.165, 1.54) is 17.8 Å². The standard InChI is InChI=1S/C42H61N7O9S/c1-23(2)19-30(43)36(50)46-31(37(51)47-32(38(52)53)20-27-22-49(40(54)58-41(6,7)8)33-17-13-12-15-28(27)33)16-14-18-45-39(44)48(11)59(55,56)35-25(4)24(3)34-29(26(35)5)21-42(9,10)57-34/h12-13,15,17,22-23,30-32H,14,16,18-21,43H2,1-11H3,(H2,44,45)(H,46,50)(H,47,51)(H,52,53)/t30-,31-,32-/m0/s1. The van der Waals surface area contributed by atoms with Crippen molar-refractivity contribution in [2.45, 2.75) is 136 Å². The number of nitrogens with one attached hydrogen (secondary N) is 4. The van der Waals surface area contributed by atoms with E-state index in [4.69, 9.17) is 20.6 Å². The van der Waals surface area contributed by atoms with Crippen molar-refractivity contribution in [1.82, 2.24) is 24.8 Å². The number of carbonyl (C=O) groups excluding carboxylic acids is 3. The third kappa shape index (κ3) is 10.9. The number of para-hydroxylation sites is 1. The summed E-state index contributed by atoms with van der Waals surface area (Å²) in [6, 6.07) is 3.31. The average Bonchev–Trinajstić information content (AvgIpc) is 3.67. The van der Waals surface area contributed by atoms with Gasteiger partial charge in [0.2, 0.25) is 17.8 Å². The minimum absolute atomic E-state index is 0.00890. The van der Waals surface area contributed by atoms with Crippen LogP contribution < -0.4 is 26.4 Å². The van der Waals surface area contributed by atoms with E-state index >= 15 is 0 Å². The number of aromatic nitrogens is 1. The Hall–Kier alpha value is -5.16. The minimum Gasteiger partial charge on any atom is -0.487 e. The summed E-state index contributed by atoms with van der Waals surface area (Å²) in [5.41, 5.74) is 8.49. The van der Waals surface area contributed by atoms with E-state index in [0.29, 0.717) is 46.2 Å². The number of guanidine groups is 1. The summed E-state index contributed by atoms with van der Waals surface area (Å²) in [6.07, 6.45) is 1.68. The molecule has 0 radical (unpaired) electrons. The topological polar surface area (TPSA) is 235 Å². The first-order valence-electron chi connectivity index (χ1n) is 19.8. The molecular weight excluding hydrogens is 779 g/mol. The zero-order valence-corrected chi connectivity index (χ0v) is 36.8. The number of sulfonamides is 1. The number of nitrogens with zero attached hydrogens (tertiary/aromatic N) is 2. The van der Waals surface area contributed by atoms with E-state index in [9.17, 15) is 32.7 Å². The van der Waals surface area contributed by atoms with Gasteiger partial charge in [-0.15, -0.1) is 0 Å². The summed E-state index contributed by atoms with van der Waals surface area (Å²) >= 11 is 0. The maximum Gasteiger partial charge on any atom is 0.419 e. The fraction of sp³-hybridized carbons (Fsp3) is 0.548. The van der Waals surface area contributed by atoms with Crippen molar-refractivity contribution in [3.63, 3.8) is 0 Å². The first-order valence-corrected chi connectivity index (χ1v) is 21.2. The predicted octanol–water partition coefficient (Wildman–Crippen LogP) is 4.66. The normalized spacial score (nSPS) is 15.1. The van der Waals surface area contributed by atoms with Crippen molar-refractivity contribution < 1.29 is 42.2 Å². The van der Waals surface area contributed by atoms with Gasteiger partial charge >= 0.3 is 12.1 Å². The predicted molar refractivity (Wildman–Crippen MR) is 225 cm³/mol. The van der Waals surface area contributed by atoms with Crippen molar-refractivity contribution in [3.05, 3.63) is 58.3 Å². The molecule has 1 aliphatic heterocycles. The van der Waals surface area contributed by atoms with Crippen LogP contribution in [0.15, 0.2) is 35.4 Å². The highest BCUT2D eigenvalue weighted by Gasteiger charge is 2.38. The number of carbonyl (C=O) groups is 4. The van der Waals surface area contributed by atoms with Crippen LogP contribution in [0.1, 0.15) is 95.5 Å². The molecule has 16 nitrogen and oxygen atoms in total. The van der Waals surface area contributed by atoms with E-state index < -0.39 is 69.2 Å². The molecule has 1 aliphatic rings. The number of fused-ring (bicyclic) bond motifs is 2. The molecular formula is C42H61N7O9S. The molecule has 2 heterocycles. The van der Waals surface area contributed by atoms with Gasteiger partial charge in [0.1, 0.15) is 29.0 Å². The Balaban J connectivity index is 1.50. The summed E-state index contributed by atoms with van der Waals surface area (Å²) < 4.78 is 41.8. The maximum atomic E-state index is 14.0. The molecule has 7 N–H and O–H groups in total. The molecule has 2 aromatic carbocycles. The lowest BCUT2D eigenvalue weighted by atomic mass is 9.94. The molecule has 324 valence electrons. The molecule has 1 aromatic heterocycles. The number of nitrogens with two attached hydrogens (primary N) is 1. The molecule has 0 spiro atoms. The molecule has 2 amide bonds. The van der Waals surface area contributed by atoms with E-state index in [0.717, 1.165) is 15.4 Å². The van der Waals surface area contributed by atoms with E-state index in [1.807, 2.05) is 34.6 Å². The number of hydrogen-bond donors (Lipinski definition) is 6. The van der Waals surface area contributed by atoms with Crippen molar-refractivity contribution in [3.8, 4) is 5.75 Å². The highest BCUT2D eigenvalue weighted by atomic mass is 32.2. The molecule has 0 unspecified atom stereocenters. The monoisotopic (exact) mass is 839 g/mol. The second-order valence-corrected chi connectivity index (χ2v) is 19.3. The SMILES string of the molecule is Cc1c(C)c(S(=O)(=O)N(C)C(=N)NCCC[C@H](NC(=O)[C@@H](N)CC(C)C)C(=O)N[C@@H](Cc2cn(C(=O)OC(C)(C)C)c3ccccc23)C(=O)O)c(C)c2c1OC(C)(C)C2. The van der Waals surface area contributed by atoms with E-state index in [1.54, 1.807) is 58.9 Å². The van der Waals surface area contributed by atoms with Gasteiger partial charge in [0.25, 0.3) is 10.0 Å². The summed E-state index contributed by atoms with van der Waals surface area (Å²) in [5.74, 6) is -2.34. The van der Waals surface area contributed by atoms with Crippen LogP contribution in [-0.2, 0) is 42.0 Å². The summed E-state index contributed by atoms with van der Waals surface area (Å²) in [5, 5.41) is 27.5. The molecule has 0 aliphatic carbocycles. The lowest BCUT2D eigenvalue weighted by molar-refractivity contribution is -0.142. The van der Waals surface area contributed by atoms with Crippen molar-refractivity contribution in [2.24, 2.45) is 11.7 Å². The molecule has 3 atom stereocenters. The highest BCUT2D eigenvalue weighted by Crippen LogP contribution is 2.44. The van der Waals surface area contributed by atoms with Crippen LogP contribution in [0.2, 0.25) is 0 Å². The Morgan fingerprint density at radius 2 is 1.66 bits per heavy atom. The van der Waals surface area contributed by atoms with Gasteiger partial charge in [-0.05, 0) is 109 Å². The van der Waals surface area contributed by atoms with Gasteiger partial charge in [0, 0.05) is 43.6 Å². The van der Waals surface area contributed by atoms with Gasteiger partial charge < -0.3 is 36.3 Å². The first-order chi connectivity index (χ1) is 27.3. The molecule has 0 bridgehead atoms. The second-order valence-electron chi connectivity index (χ2n) is 17.4. The zero-order valence-electron chi connectivity index (χ0n) is 36.0. The third-order valence-corrected chi connectivity index (χ3v) is 12.3. The summed E-state index contributed by atoms with van der Waals surface area (Å²) in [4.78, 5) is 52.8. The second kappa shape index (κ2) is 18.0. The number of carboxylic acid groups (broad SMARTS) is 1. The number of aliphatic carboxylic acids is 1. The van der Waals surface area contributed by atoms with Gasteiger partial charge in [-0.25, -0.2) is 22.3 Å². The first kappa shape index (κ1) is 46.5. The molecule has 0 fully saturated rings. The zero-order chi connectivity index (χ0) is 44.4. The molecule has 17 heteroatoms. The van der Waals surface area contributed by atoms with Crippen LogP contribution in [0.25, 0.3) is 10.9 Å². The van der Waals surface area contributed by atoms with Crippen LogP contribution in [0.3, 0.4) is 0 Å². The Morgan fingerprint density at radius 3 is 2.27 bits per heavy atom. The molecule has 3 aromatic rings. The fourth-order valence-corrected chi connectivity index (χ4v) is 8.87. The third-order valence-electron chi connectivity index (χ3n) is 10.3. The average molecular weight is 840 g/mol. The van der Waals surface area contributed by atoms with Crippen LogP contribution in [-0.4, -0.2) is 95.2 Å². The lowest BCUT2D eigenvalue weighted by Gasteiger charge is -2.25. The van der Waals surface area contributed by atoms with Gasteiger partial charge in [-0.2, -0.15) is 0 Å². The van der Waals surface area contributed by atoms with Gasteiger partial charge in [-0.1, -0.05) is 32.0 Å². The number of amides is 2. The molecule has 59 heavy (non-hydrogen) atoms. The van der Waals surface area contributed by atoms with E-state index in [-0.39, 0.29) is 36.6 Å². The Morgan fingerprint density at radius 1 is 1.03 bits per heavy atom. The van der Waals surface area contributed by atoms with Crippen molar-refractivity contribution in [1.29, 1.82) is 5.41 Å². The Labute approximate surface area is 347 Å².